The number of rotatable bonds is 8. The minimum atomic E-state index is -2.75. The maximum Gasteiger partial charge on any atom is 0.280 e. The van der Waals surface area contributed by atoms with Gasteiger partial charge in [0.1, 0.15) is 17.1 Å². The monoisotopic (exact) mass is 499 g/mol. The molecule has 190 valence electrons. The van der Waals surface area contributed by atoms with Crippen LogP contribution in [0.15, 0.2) is 40.1 Å². The third-order valence-corrected chi connectivity index (χ3v) is 6.75. The lowest BCUT2D eigenvalue weighted by Gasteiger charge is -2.36. The van der Waals surface area contributed by atoms with E-state index in [4.69, 9.17) is 0 Å². The van der Waals surface area contributed by atoms with Crippen LogP contribution in [-0.4, -0.2) is 40.0 Å². The van der Waals surface area contributed by atoms with Crippen molar-refractivity contribution in [3.05, 3.63) is 68.0 Å². The molecule has 11 heteroatoms. The zero-order valence-electron chi connectivity index (χ0n) is 20.1. The van der Waals surface area contributed by atoms with Gasteiger partial charge in [0.15, 0.2) is 11.4 Å². The molecular weight excluding hydrogens is 472 g/mol. The van der Waals surface area contributed by atoms with Crippen molar-refractivity contribution in [2.45, 2.75) is 45.1 Å². The highest BCUT2D eigenvalue weighted by atomic mass is 19.3. The first-order valence-electron chi connectivity index (χ1n) is 11.5. The van der Waals surface area contributed by atoms with Gasteiger partial charge in [-0.25, -0.2) is 18.7 Å². The number of carbonyl (C=O) groups excluding carboxylic acids is 1. The van der Waals surface area contributed by atoms with Crippen LogP contribution in [0.5, 0.6) is 5.75 Å². The smallest absolute Gasteiger partial charge is 0.280 e. The van der Waals surface area contributed by atoms with Crippen LogP contribution in [0.2, 0.25) is 0 Å². The van der Waals surface area contributed by atoms with Crippen molar-refractivity contribution in [3.63, 3.8) is 0 Å². The van der Waals surface area contributed by atoms with Gasteiger partial charge in [0, 0.05) is 20.3 Å². The Morgan fingerprint density at radius 1 is 1.08 bits per heavy atom. The molecule has 1 aliphatic rings. The Hall–Kier alpha value is -3.89. The van der Waals surface area contributed by atoms with Crippen LogP contribution in [-0.2, 0) is 0 Å². The normalized spacial score (nSPS) is 15.7. The van der Waals surface area contributed by atoms with Gasteiger partial charge in [0.05, 0.1) is 17.4 Å². The van der Waals surface area contributed by atoms with Crippen molar-refractivity contribution in [1.29, 1.82) is 0 Å². The van der Waals surface area contributed by atoms with Crippen molar-refractivity contribution < 1.29 is 18.7 Å². The summed E-state index contributed by atoms with van der Waals surface area (Å²) in [6, 6.07) is 5.12. The predicted molar refractivity (Wildman–Crippen MR) is 131 cm³/mol. The van der Waals surface area contributed by atoms with Crippen LogP contribution in [0.1, 0.15) is 67.0 Å². The van der Waals surface area contributed by atoms with Gasteiger partial charge in [-0.05, 0) is 36.5 Å². The topological polar surface area (TPSA) is 125 Å². The van der Waals surface area contributed by atoms with Gasteiger partial charge < -0.3 is 20.6 Å². The van der Waals surface area contributed by atoms with E-state index in [-0.39, 0.29) is 28.5 Å². The van der Waals surface area contributed by atoms with E-state index in [1.54, 1.807) is 6.07 Å². The standard InChI is InChI=1S/C25H27F2N5O4/c1-25(10-4-5-11-25)22(14-7-6-8-15(29-14)23(26)27)31-17-16(20(34)21(17)35)30-13-9-12-28-18(19(13)33)24(36)32(2)3/h6-9,12,22-23,31,33H,4-5,10-11H2,1-3H3,(H,28,30)/t22-/m0/s1. The molecular formula is C25H27F2N5O4. The number of hydrogen-bond acceptors (Lipinski definition) is 8. The van der Waals surface area contributed by atoms with Crippen LogP contribution in [0.25, 0.3) is 0 Å². The molecule has 1 saturated carbocycles. The van der Waals surface area contributed by atoms with Gasteiger partial charge in [-0.2, -0.15) is 0 Å². The van der Waals surface area contributed by atoms with Crippen LogP contribution < -0.4 is 21.5 Å². The SMILES string of the molecule is CN(C)C(=O)c1nccc(Nc2c(N[C@@H](c3cccc(C(F)F)n3)C3(C)CCCC3)c(=O)c2=O)c1O. The van der Waals surface area contributed by atoms with Gasteiger partial charge >= 0.3 is 0 Å². The molecule has 2 heterocycles. The molecule has 3 aromatic rings. The first kappa shape index (κ1) is 25.2. The van der Waals surface area contributed by atoms with Crippen LogP contribution in [0.3, 0.4) is 0 Å². The van der Waals surface area contributed by atoms with Gasteiger partial charge in [-0.1, -0.05) is 25.8 Å². The summed E-state index contributed by atoms with van der Waals surface area (Å²) in [5, 5.41) is 16.4. The minimum Gasteiger partial charge on any atom is -0.504 e. The highest BCUT2D eigenvalue weighted by molar-refractivity contribution is 5.97. The third kappa shape index (κ3) is 4.52. The number of hydrogen-bond donors (Lipinski definition) is 3. The zero-order chi connectivity index (χ0) is 26.2. The fourth-order valence-corrected chi connectivity index (χ4v) is 4.68. The molecule has 36 heavy (non-hydrogen) atoms. The molecule has 0 unspecified atom stereocenters. The Bertz CT molecular complexity index is 1360. The Morgan fingerprint density at radius 2 is 1.72 bits per heavy atom. The number of aromatic hydroxyl groups is 1. The minimum absolute atomic E-state index is 0.0202. The number of nitrogens with zero attached hydrogens (tertiary/aromatic N) is 3. The van der Waals surface area contributed by atoms with Crippen LogP contribution in [0.4, 0.5) is 25.8 Å². The largest absolute Gasteiger partial charge is 0.504 e. The number of anilines is 3. The van der Waals surface area contributed by atoms with Gasteiger partial charge in [0.25, 0.3) is 23.2 Å². The highest BCUT2D eigenvalue weighted by Crippen LogP contribution is 2.48. The van der Waals surface area contributed by atoms with Crippen molar-refractivity contribution in [3.8, 4) is 5.75 Å². The summed E-state index contributed by atoms with van der Waals surface area (Å²) in [5.41, 5.74) is -2.32. The average Bonchev–Trinajstić information content (AvgIpc) is 3.30. The summed E-state index contributed by atoms with van der Waals surface area (Å²) in [5.74, 6) is -1.01. The quantitative estimate of drug-likeness (QED) is 0.399. The van der Waals surface area contributed by atoms with Gasteiger partial charge in [-0.15, -0.1) is 0 Å². The number of aromatic nitrogens is 2. The lowest BCUT2D eigenvalue weighted by atomic mass is 9.78. The van der Waals surface area contributed by atoms with Gasteiger partial charge in [-0.3, -0.25) is 14.4 Å². The summed E-state index contributed by atoms with van der Waals surface area (Å²) in [7, 11) is 3.01. The molecule has 0 radical (unpaired) electrons. The van der Waals surface area contributed by atoms with E-state index >= 15 is 0 Å². The van der Waals surface area contributed by atoms with E-state index in [0.717, 1.165) is 25.7 Å². The van der Waals surface area contributed by atoms with E-state index in [2.05, 4.69) is 20.6 Å². The lowest BCUT2D eigenvalue weighted by molar-refractivity contribution is 0.0818. The van der Waals surface area contributed by atoms with Gasteiger partial charge in [0.2, 0.25) is 0 Å². The zero-order valence-corrected chi connectivity index (χ0v) is 20.1. The molecule has 3 N–H and O–H groups in total. The molecule has 0 aliphatic heterocycles. The van der Waals surface area contributed by atoms with E-state index in [0.29, 0.717) is 5.69 Å². The summed E-state index contributed by atoms with van der Waals surface area (Å²) in [6.07, 6.45) is 1.98. The summed E-state index contributed by atoms with van der Waals surface area (Å²) >= 11 is 0. The second kappa shape index (κ2) is 9.63. The molecule has 1 amide bonds. The van der Waals surface area contributed by atoms with E-state index in [1.165, 1.54) is 43.4 Å². The van der Waals surface area contributed by atoms with E-state index < -0.39 is 40.4 Å². The van der Waals surface area contributed by atoms with Crippen LogP contribution >= 0.6 is 0 Å². The molecule has 0 saturated heterocycles. The fourth-order valence-electron chi connectivity index (χ4n) is 4.68. The summed E-state index contributed by atoms with van der Waals surface area (Å²) in [6.45, 7) is 2.00. The summed E-state index contributed by atoms with van der Waals surface area (Å²) < 4.78 is 26.7. The number of amides is 1. The molecule has 2 aromatic heterocycles. The third-order valence-electron chi connectivity index (χ3n) is 6.75. The maximum atomic E-state index is 13.4. The number of nitrogens with one attached hydrogen (secondary N) is 2. The second-order valence-corrected chi connectivity index (χ2v) is 9.52. The van der Waals surface area contributed by atoms with Crippen molar-refractivity contribution in [2.75, 3.05) is 24.7 Å². The van der Waals surface area contributed by atoms with E-state index in [1.807, 2.05) is 6.92 Å². The molecule has 4 rings (SSSR count). The molecule has 9 nitrogen and oxygen atoms in total. The summed E-state index contributed by atoms with van der Waals surface area (Å²) in [4.78, 5) is 46.7. The first-order valence-corrected chi connectivity index (χ1v) is 11.5. The maximum absolute atomic E-state index is 13.4. The second-order valence-electron chi connectivity index (χ2n) is 9.52. The molecule has 1 fully saturated rings. The average molecular weight is 500 g/mol. The highest BCUT2D eigenvalue weighted by Gasteiger charge is 2.40. The Labute approximate surface area is 205 Å². The molecule has 0 bridgehead atoms. The Balaban J connectivity index is 1.71. The van der Waals surface area contributed by atoms with Crippen LogP contribution in [0, 0.1) is 5.41 Å². The molecule has 1 aromatic carbocycles. The Morgan fingerprint density at radius 3 is 2.36 bits per heavy atom. The first-order chi connectivity index (χ1) is 17.0. The van der Waals surface area contributed by atoms with E-state index in [9.17, 15) is 28.3 Å². The number of carbonyl (C=O) groups is 1. The molecule has 1 atom stereocenters. The Kier molecular flexibility index (Phi) is 6.75. The number of pyridine rings is 2. The molecule has 1 aliphatic carbocycles. The number of halogens is 2. The lowest BCUT2D eigenvalue weighted by Crippen LogP contribution is -2.40. The van der Waals surface area contributed by atoms with Crippen molar-refractivity contribution >= 4 is 23.0 Å². The molecule has 0 spiro atoms. The fraction of sp³-hybridized carbons (Fsp3) is 0.400. The van der Waals surface area contributed by atoms with Crippen molar-refractivity contribution in [2.24, 2.45) is 5.41 Å². The predicted octanol–water partition coefficient (Wildman–Crippen LogP) is 3.89. The number of alkyl halides is 2. The van der Waals surface area contributed by atoms with Crippen molar-refractivity contribution in [1.82, 2.24) is 14.9 Å².